The largest absolute Gasteiger partial charge is 0.493 e. The molecule has 0 spiro atoms. The van der Waals surface area contributed by atoms with Crippen LogP contribution in [-0.4, -0.2) is 29.7 Å². The number of imidazole rings is 1. The fraction of sp³-hybridized carbons (Fsp3) is 0.385. The number of nitrogens with two attached hydrogens (primary N) is 2. The van der Waals surface area contributed by atoms with Gasteiger partial charge in [-0.15, -0.1) is 0 Å². The van der Waals surface area contributed by atoms with Gasteiger partial charge in [0.2, 0.25) is 11.9 Å². The Kier molecular flexibility index (Phi) is 3.97. The Balaban J connectivity index is 2.38. The molecule has 0 fully saturated rings. The Hall–Kier alpha value is -2.44. The highest BCUT2D eigenvalue weighted by Gasteiger charge is 2.13. The molecular weight excluding hydrogens is 260 g/mol. The molecule has 0 aliphatic rings. The highest BCUT2D eigenvalue weighted by atomic mass is 16.5. The fourth-order valence-corrected chi connectivity index (χ4v) is 2.12. The maximum Gasteiger partial charge on any atom is 0.217 e. The van der Waals surface area contributed by atoms with E-state index in [0.717, 1.165) is 11.0 Å². The molecule has 1 amide bonds. The molecule has 4 N–H and O–H groups in total. The quantitative estimate of drug-likeness (QED) is 0.816. The van der Waals surface area contributed by atoms with Gasteiger partial charge in [-0.1, -0.05) is 0 Å². The van der Waals surface area contributed by atoms with Crippen molar-refractivity contribution in [3.05, 3.63) is 12.1 Å². The summed E-state index contributed by atoms with van der Waals surface area (Å²) >= 11 is 0. The lowest BCUT2D eigenvalue weighted by Crippen LogP contribution is -2.12. The van der Waals surface area contributed by atoms with Gasteiger partial charge in [-0.25, -0.2) is 4.98 Å². The number of nitrogen functional groups attached to an aromatic ring is 1. The number of nitrogens with zero attached hydrogens (tertiary/aromatic N) is 2. The van der Waals surface area contributed by atoms with Gasteiger partial charge in [-0.3, -0.25) is 4.79 Å². The first-order chi connectivity index (χ1) is 9.56. The second-order valence-corrected chi connectivity index (χ2v) is 4.39. The molecule has 108 valence electrons. The Morgan fingerprint density at radius 2 is 1.95 bits per heavy atom. The topological polar surface area (TPSA) is 105 Å². The number of ether oxygens (including phenoxy) is 2. The van der Waals surface area contributed by atoms with Crippen LogP contribution in [-0.2, 0) is 11.3 Å². The number of methoxy groups -OCH3 is 2. The molecule has 2 rings (SSSR count). The summed E-state index contributed by atoms with van der Waals surface area (Å²) in [5.74, 6) is 1.27. The third-order valence-electron chi connectivity index (χ3n) is 3.09. The predicted molar refractivity (Wildman–Crippen MR) is 75.7 cm³/mol. The zero-order valence-electron chi connectivity index (χ0n) is 11.5. The molecule has 0 radical (unpaired) electrons. The van der Waals surface area contributed by atoms with Gasteiger partial charge in [-0.05, 0) is 6.42 Å². The lowest BCUT2D eigenvalue weighted by molar-refractivity contribution is -0.118. The average molecular weight is 278 g/mol. The number of hydrogen-bond donors (Lipinski definition) is 2. The molecule has 0 saturated carbocycles. The molecule has 0 saturated heterocycles. The van der Waals surface area contributed by atoms with Crippen LogP contribution in [0, 0.1) is 0 Å². The van der Waals surface area contributed by atoms with Crippen molar-refractivity contribution in [3.8, 4) is 11.5 Å². The molecule has 2 aromatic rings. The number of aryl methyl sites for hydroxylation is 1. The summed E-state index contributed by atoms with van der Waals surface area (Å²) in [4.78, 5) is 15.1. The summed E-state index contributed by atoms with van der Waals surface area (Å²) in [6, 6.07) is 3.59. The van der Waals surface area contributed by atoms with Crippen molar-refractivity contribution in [1.29, 1.82) is 0 Å². The monoisotopic (exact) mass is 278 g/mol. The smallest absolute Gasteiger partial charge is 0.217 e. The van der Waals surface area contributed by atoms with E-state index in [1.165, 1.54) is 0 Å². The molecule has 0 bridgehead atoms. The number of primary amides is 1. The van der Waals surface area contributed by atoms with Gasteiger partial charge in [0, 0.05) is 25.1 Å². The molecule has 0 atom stereocenters. The van der Waals surface area contributed by atoms with Crippen molar-refractivity contribution in [2.75, 3.05) is 20.0 Å². The van der Waals surface area contributed by atoms with Gasteiger partial charge in [0.05, 0.1) is 25.3 Å². The summed E-state index contributed by atoms with van der Waals surface area (Å²) in [6.45, 7) is 0.570. The van der Waals surface area contributed by atoms with Crippen LogP contribution < -0.4 is 20.9 Å². The van der Waals surface area contributed by atoms with Gasteiger partial charge in [0.15, 0.2) is 11.5 Å². The van der Waals surface area contributed by atoms with E-state index in [9.17, 15) is 4.79 Å². The molecular formula is C13H18N4O3. The first-order valence-corrected chi connectivity index (χ1v) is 6.23. The van der Waals surface area contributed by atoms with Crippen molar-refractivity contribution >= 4 is 22.9 Å². The molecule has 0 aliphatic heterocycles. The van der Waals surface area contributed by atoms with Crippen LogP contribution in [0.4, 0.5) is 5.95 Å². The highest BCUT2D eigenvalue weighted by Crippen LogP contribution is 2.33. The molecule has 1 heterocycles. The number of hydrogen-bond acceptors (Lipinski definition) is 5. The van der Waals surface area contributed by atoms with Crippen LogP contribution in [0.15, 0.2) is 12.1 Å². The van der Waals surface area contributed by atoms with Gasteiger partial charge in [-0.2, -0.15) is 0 Å². The normalized spacial score (nSPS) is 10.7. The average Bonchev–Trinajstić information content (AvgIpc) is 2.72. The second-order valence-electron chi connectivity index (χ2n) is 4.39. The molecule has 20 heavy (non-hydrogen) atoms. The maximum absolute atomic E-state index is 10.8. The second kappa shape index (κ2) is 5.68. The third kappa shape index (κ3) is 2.61. The lowest BCUT2D eigenvalue weighted by Gasteiger charge is -2.09. The van der Waals surface area contributed by atoms with Crippen LogP contribution in [0.25, 0.3) is 11.0 Å². The molecule has 7 heteroatoms. The van der Waals surface area contributed by atoms with Gasteiger partial charge in [0.1, 0.15) is 0 Å². The number of aromatic nitrogens is 2. The van der Waals surface area contributed by atoms with E-state index in [1.807, 2.05) is 10.6 Å². The molecule has 1 aromatic carbocycles. The standard InChI is InChI=1S/C13H18N4O3/c1-19-10-6-8-9(7-11(10)20-2)17(13(15)16-8)5-3-4-12(14)18/h6-7H,3-5H2,1-2H3,(H2,14,18)(H2,15,16). The van der Waals surface area contributed by atoms with Crippen LogP contribution in [0.1, 0.15) is 12.8 Å². The summed E-state index contributed by atoms with van der Waals surface area (Å²) in [5, 5.41) is 0. The van der Waals surface area contributed by atoms with E-state index in [1.54, 1.807) is 20.3 Å². The van der Waals surface area contributed by atoms with Crippen LogP contribution in [0.3, 0.4) is 0 Å². The molecule has 0 aliphatic carbocycles. The summed E-state index contributed by atoms with van der Waals surface area (Å²) in [5.41, 5.74) is 12.6. The zero-order valence-corrected chi connectivity index (χ0v) is 11.5. The maximum atomic E-state index is 10.8. The minimum absolute atomic E-state index is 0.312. The van der Waals surface area contributed by atoms with Crippen molar-refractivity contribution in [3.63, 3.8) is 0 Å². The first-order valence-electron chi connectivity index (χ1n) is 6.23. The SMILES string of the molecule is COc1cc2nc(N)n(CCCC(N)=O)c2cc1OC. The van der Waals surface area contributed by atoms with E-state index in [4.69, 9.17) is 20.9 Å². The van der Waals surface area contributed by atoms with Crippen molar-refractivity contribution in [1.82, 2.24) is 9.55 Å². The third-order valence-corrected chi connectivity index (χ3v) is 3.09. The number of fused-ring (bicyclic) bond motifs is 1. The Labute approximate surface area is 116 Å². The van der Waals surface area contributed by atoms with Crippen LogP contribution >= 0.6 is 0 Å². The van der Waals surface area contributed by atoms with Crippen LogP contribution in [0.5, 0.6) is 11.5 Å². The van der Waals surface area contributed by atoms with Gasteiger partial charge in [0.25, 0.3) is 0 Å². The van der Waals surface area contributed by atoms with Crippen molar-refractivity contribution in [2.24, 2.45) is 5.73 Å². The predicted octanol–water partition coefficient (Wildman–Crippen LogP) is 0.901. The number of amides is 1. The highest BCUT2D eigenvalue weighted by molar-refractivity contribution is 5.82. The number of rotatable bonds is 6. The number of carbonyl (C=O) groups excluding carboxylic acids is 1. The Morgan fingerprint density at radius 1 is 1.30 bits per heavy atom. The number of anilines is 1. The summed E-state index contributed by atoms with van der Waals surface area (Å²) in [6.07, 6.45) is 0.922. The van der Waals surface area contributed by atoms with Crippen molar-refractivity contribution < 1.29 is 14.3 Å². The lowest BCUT2D eigenvalue weighted by atomic mass is 10.2. The Bertz CT molecular complexity index is 636. The van der Waals surface area contributed by atoms with E-state index in [0.29, 0.717) is 36.8 Å². The van der Waals surface area contributed by atoms with E-state index in [2.05, 4.69) is 4.98 Å². The van der Waals surface area contributed by atoms with E-state index < -0.39 is 0 Å². The van der Waals surface area contributed by atoms with Crippen LogP contribution in [0.2, 0.25) is 0 Å². The van der Waals surface area contributed by atoms with E-state index >= 15 is 0 Å². The molecule has 7 nitrogen and oxygen atoms in total. The number of carbonyl (C=O) groups is 1. The van der Waals surface area contributed by atoms with E-state index in [-0.39, 0.29) is 5.91 Å². The summed E-state index contributed by atoms with van der Waals surface area (Å²) in [7, 11) is 3.14. The van der Waals surface area contributed by atoms with Crippen molar-refractivity contribution in [2.45, 2.75) is 19.4 Å². The van der Waals surface area contributed by atoms with Gasteiger partial charge >= 0.3 is 0 Å². The Morgan fingerprint density at radius 3 is 2.55 bits per heavy atom. The molecule has 0 unspecified atom stereocenters. The van der Waals surface area contributed by atoms with Gasteiger partial charge < -0.3 is 25.5 Å². The zero-order chi connectivity index (χ0) is 14.7. The minimum Gasteiger partial charge on any atom is -0.493 e. The molecule has 1 aromatic heterocycles. The minimum atomic E-state index is -0.327. The first kappa shape index (κ1) is 14.0. The summed E-state index contributed by atoms with van der Waals surface area (Å²) < 4.78 is 12.3. The number of benzene rings is 1. The fourth-order valence-electron chi connectivity index (χ4n) is 2.12.